The molecular formula is C12H20N2O. The molecule has 1 aromatic carbocycles. The highest BCUT2D eigenvalue weighted by atomic mass is 16.5. The predicted octanol–water partition coefficient (Wildman–Crippen LogP) is 2.05. The minimum absolute atomic E-state index is 0.804. The molecular weight excluding hydrogens is 188 g/mol. The Morgan fingerprint density at radius 3 is 2.73 bits per heavy atom. The summed E-state index contributed by atoms with van der Waals surface area (Å²) in [5.74, 6) is 0. The maximum Gasteiger partial charge on any atom is 0.0479 e. The van der Waals surface area contributed by atoms with Gasteiger partial charge in [-0.3, -0.25) is 0 Å². The molecule has 0 saturated carbocycles. The molecule has 0 unspecified atom stereocenters. The molecule has 0 heterocycles. The second-order valence-electron chi connectivity index (χ2n) is 3.81. The van der Waals surface area contributed by atoms with Crippen molar-refractivity contribution in [3.8, 4) is 0 Å². The predicted molar refractivity (Wildman–Crippen MR) is 65.4 cm³/mol. The van der Waals surface area contributed by atoms with Gasteiger partial charge >= 0.3 is 0 Å². The highest BCUT2D eigenvalue weighted by Gasteiger charge is 2.02. The third kappa shape index (κ3) is 3.44. The average molecular weight is 208 g/mol. The molecule has 0 aromatic heterocycles. The largest absolute Gasteiger partial charge is 0.399 e. The zero-order valence-electron chi connectivity index (χ0n) is 9.79. The Hall–Kier alpha value is -1.22. The number of benzene rings is 1. The van der Waals surface area contributed by atoms with Crippen molar-refractivity contribution in [1.82, 2.24) is 0 Å². The van der Waals surface area contributed by atoms with Crippen LogP contribution in [0.5, 0.6) is 0 Å². The molecule has 0 fully saturated rings. The first kappa shape index (κ1) is 11.9. The first-order valence-electron chi connectivity index (χ1n) is 5.21. The van der Waals surface area contributed by atoms with E-state index in [9.17, 15) is 0 Å². The summed E-state index contributed by atoms with van der Waals surface area (Å²) in [6.45, 7) is 3.83. The van der Waals surface area contributed by atoms with Crippen LogP contribution < -0.4 is 10.6 Å². The van der Waals surface area contributed by atoms with E-state index in [1.807, 2.05) is 13.0 Å². The van der Waals surface area contributed by atoms with Gasteiger partial charge in [0.2, 0.25) is 0 Å². The normalized spacial score (nSPS) is 10.3. The molecule has 1 aromatic rings. The Morgan fingerprint density at radius 1 is 1.40 bits per heavy atom. The molecule has 15 heavy (non-hydrogen) atoms. The Kier molecular flexibility index (Phi) is 4.43. The van der Waals surface area contributed by atoms with Crippen LogP contribution in [-0.4, -0.2) is 27.3 Å². The number of anilines is 2. The van der Waals surface area contributed by atoms with Crippen molar-refractivity contribution < 1.29 is 4.74 Å². The number of rotatable bonds is 5. The molecule has 0 aliphatic heterocycles. The third-order valence-corrected chi connectivity index (χ3v) is 2.54. The van der Waals surface area contributed by atoms with E-state index in [4.69, 9.17) is 10.5 Å². The molecule has 0 saturated heterocycles. The van der Waals surface area contributed by atoms with E-state index in [-0.39, 0.29) is 0 Å². The molecule has 3 nitrogen and oxygen atoms in total. The third-order valence-electron chi connectivity index (χ3n) is 2.54. The lowest BCUT2D eigenvalue weighted by Crippen LogP contribution is -2.19. The maximum absolute atomic E-state index is 5.77. The minimum atomic E-state index is 0.804. The Morgan fingerprint density at radius 2 is 2.13 bits per heavy atom. The van der Waals surface area contributed by atoms with E-state index in [0.29, 0.717) is 0 Å². The number of nitrogens with two attached hydrogens (primary N) is 1. The standard InChI is InChI=1S/C12H20N2O/c1-10-9-11(5-6-12(10)13)14(2)7-4-8-15-3/h5-6,9H,4,7-8,13H2,1-3H3. The van der Waals surface area contributed by atoms with Gasteiger partial charge in [0.25, 0.3) is 0 Å². The summed E-state index contributed by atoms with van der Waals surface area (Å²) in [6.07, 6.45) is 1.04. The van der Waals surface area contributed by atoms with Crippen LogP contribution in [0.25, 0.3) is 0 Å². The topological polar surface area (TPSA) is 38.5 Å². The van der Waals surface area contributed by atoms with E-state index in [2.05, 4.69) is 24.1 Å². The van der Waals surface area contributed by atoms with Crippen molar-refractivity contribution in [1.29, 1.82) is 0 Å². The molecule has 0 aliphatic carbocycles. The van der Waals surface area contributed by atoms with Gasteiger partial charge in [0.05, 0.1) is 0 Å². The lowest BCUT2D eigenvalue weighted by atomic mass is 10.1. The van der Waals surface area contributed by atoms with Crippen molar-refractivity contribution in [2.75, 3.05) is 37.9 Å². The first-order valence-corrected chi connectivity index (χ1v) is 5.21. The summed E-state index contributed by atoms with van der Waals surface area (Å²) in [7, 11) is 3.81. The minimum Gasteiger partial charge on any atom is -0.399 e. The number of hydrogen-bond donors (Lipinski definition) is 1. The van der Waals surface area contributed by atoms with Crippen LogP contribution in [0.4, 0.5) is 11.4 Å². The van der Waals surface area contributed by atoms with Crippen molar-refractivity contribution >= 4 is 11.4 Å². The molecule has 0 amide bonds. The molecule has 1 rings (SSSR count). The lowest BCUT2D eigenvalue weighted by molar-refractivity contribution is 0.196. The Bertz CT molecular complexity index is 312. The van der Waals surface area contributed by atoms with Crippen LogP contribution in [0.15, 0.2) is 18.2 Å². The Labute approximate surface area is 91.8 Å². The number of aryl methyl sites for hydroxylation is 1. The second kappa shape index (κ2) is 5.61. The van der Waals surface area contributed by atoms with Crippen LogP contribution in [0.3, 0.4) is 0 Å². The van der Waals surface area contributed by atoms with E-state index >= 15 is 0 Å². The SMILES string of the molecule is COCCCN(C)c1ccc(N)c(C)c1. The van der Waals surface area contributed by atoms with Crippen LogP contribution in [0.1, 0.15) is 12.0 Å². The van der Waals surface area contributed by atoms with Gasteiger partial charge in [0, 0.05) is 38.7 Å². The van der Waals surface area contributed by atoms with Gasteiger partial charge in [-0.25, -0.2) is 0 Å². The average Bonchev–Trinajstić information content (AvgIpc) is 2.22. The smallest absolute Gasteiger partial charge is 0.0479 e. The monoisotopic (exact) mass is 208 g/mol. The van der Waals surface area contributed by atoms with Gasteiger partial charge in [-0.05, 0) is 37.1 Å². The summed E-state index contributed by atoms with van der Waals surface area (Å²) in [4.78, 5) is 2.21. The summed E-state index contributed by atoms with van der Waals surface area (Å²) < 4.78 is 5.02. The van der Waals surface area contributed by atoms with Gasteiger partial charge in [-0.2, -0.15) is 0 Å². The van der Waals surface area contributed by atoms with Crippen LogP contribution in [0, 0.1) is 6.92 Å². The summed E-state index contributed by atoms with van der Waals surface area (Å²) in [5, 5.41) is 0. The molecule has 3 heteroatoms. The molecule has 0 aliphatic rings. The van der Waals surface area contributed by atoms with E-state index in [1.165, 1.54) is 5.69 Å². The molecule has 0 radical (unpaired) electrons. The number of nitrogens with zero attached hydrogens (tertiary/aromatic N) is 1. The van der Waals surface area contributed by atoms with Crippen molar-refractivity contribution in [3.05, 3.63) is 23.8 Å². The molecule has 0 bridgehead atoms. The molecule has 84 valence electrons. The van der Waals surface area contributed by atoms with Crippen LogP contribution >= 0.6 is 0 Å². The Balaban J connectivity index is 2.57. The fourth-order valence-corrected chi connectivity index (χ4v) is 1.47. The highest BCUT2D eigenvalue weighted by molar-refractivity contribution is 5.57. The van der Waals surface area contributed by atoms with Gasteiger partial charge in [0.1, 0.15) is 0 Å². The molecule has 0 atom stereocenters. The number of methoxy groups -OCH3 is 1. The van der Waals surface area contributed by atoms with Gasteiger partial charge < -0.3 is 15.4 Å². The van der Waals surface area contributed by atoms with Crippen LogP contribution in [-0.2, 0) is 4.74 Å². The maximum atomic E-state index is 5.77. The lowest BCUT2D eigenvalue weighted by Gasteiger charge is -2.19. The first-order chi connectivity index (χ1) is 7.15. The highest BCUT2D eigenvalue weighted by Crippen LogP contribution is 2.19. The van der Waals surface area contributed by atoms with E-state index < -0.39 is 0 Å². The zero-order chi connectivity index (χ0) is 11.3. The quantitative estimate of drug-likeness (QED) is 0.594. The van der Waals surface area contributed by atoms with E-state index in [1.54, 1.807) is 7.11 Å². The molecule has 2 N–H and O–H groups in total. The summed E-state index contributed by atoms with van der Waals surface area (Å²) in [5.41, 5.74) is 8.96. The van der Waals surface area contributed by atoms with Gasteiger partial charge in [-0.15, -0.1) is 0 Å². The van der Waals surface area contributed by atoms with Crippen molar-refractivity contribution in [2.24, 2.45) is 0 Å². The summed E-state index contributed by atoms with van der Waals surface area (Å²) in [6, 6.07) is 6.12. The van der Waals surface area contributed by atoms with Gasteiger partial charge in [0.15, 0.2) is 0 Å². The fourth-order valence-electron chi connectivity index (χ4n) is 1.47. The number of ether oxygens (including phenoxy) is 1. The fraction of sp³-hybridized carbons (Fsp3) is 0.500. The van der Waals surface area contributed by atoms with Gasteiger partial charge in [-0.1, -0.05) is 0 Å². The number of nitrogen functional groups attached to an aromatic ring is 1. The van der Waals surface area contributed by atoms with Crippen molar-refractivity contribution in [2.45, 2.75) is 13.3 Å². The summed E-state index contributed by atoms with van der Waals surface area (Å²) >= 11 is 0. The van der Waals surface area contributed by atoms with Crippen molar-refractivity contribution in [3.63, 3.8) is 0 Å². The zero-order valence-corrected chi connectivity index (χ0v) is 9.79. The number of hydrogen-bond acceptors (Lipinski definition) is 3. The second-order valence-corrected chi connectivity index (χ2v) is 3.81. The van der Waals surface area contributed by atoms with E-state index in [0.717, 1.165) is 30.8 Å². The molecule has 0 spiro atoms. The van der Waals surface area contributed by atoms with Crippen LogP contribution in [0.2, 0.25) is 0 Å².